The highest BCUT2D eigenvalue weighted by molar-refractivity contribution is 7.92. The van der Waals surface area contributed by atoms with Gasteiger partial charge in [0.15, 0.2) is 5.78 Å². The van der Waals surface area contributed by atoms with Gasteiger partial charge in [0.2, 0.25) is 0 Å². The van der Waals surface area contributed by atoms with Crippen LogP contribution < -0.4 is 9.46 Å². The van der Waals surface area contributed by atoms with Gasteiger partial charge in [-0.2, -0.15) is 0 Å². The smallest absolute Gasteiger partial charge is 0.261 e. The summed E-state index contributed by atoms with van der Waals surface area (Å²) in [4.78, 5) is 15.5. The van der Waals surface area contributed by atoms with Gasteiger partial charge in [0.25, 0.3) is 10.0 Å². The minimum atomic E-state index is -3.83. The van der Waals surface area contributed by atoms with Crippen LogP contribution in [0.1, 0.15) is 48.7 Å². The number of rotatable bonds is 11. The Hall–Kier alpha value is -3.42. The van der Waals surface area contributed by atoms with Crippen LogP contribution in [0.5, 0.6) is 5.75 Å². The van der Waals surface area contributed by atoms with E-state index < -0.39 is 10.0 Å². The number of sulfonamides is 1. The summed E-state index contributed by atoms with van der Waals surface area (Å²) < 4.78 is 34.3. The molecule has 0 heterocycles. The average molecular weight is 521 g/mol. The molecule has 0 aliphatic heterocycles. The fourth-order valence-corrected chi connectivity index (χ4v) is 4.79. The second-order valence-corrected chi connectivity index (χ2v) is 11.9. The van der Waals surface area contributed by atoms with Gasteiger partial charge in [-0.05, 0) is 80.0 Å². The Kier molecular flexibility index (Phi) is 9.29. The molecule has 0 amide bonds. The van der Waals surface area contributed by atoms with Crippen molar-refractivity contribution in [1.82, 2.24) is 4.90 Å². The normalized spacial score (nSPS) is 12.2. The summed E-state index contributed by atoms with van der Waals surface area (Å²) in [6, 6.07) is 20.7. The number of allylic oxidation sites excluding steroid dienone is 1. The van der Waals surface area contributed by atoms with Crippen LogP contribution in [0.3, 0.4) is 0 Å². The van der Waals surface area contributed by atoms with E-state index in [0.717, 1.165) is 24.1 Å². The zero-order valence-electron chi connectivity index (χ0n) is 22.2. The van der Waals surface area contributed by atoms with Crippen molar-refractivity contribution in [2.75, 3.05) is 32.0 Å². The molecule has 0 radical (unpaired) electrons. The van der Waals surface area contributed by atoms with Crippen LogP contribution in [-0.2, 0) is 15.4 Å². The van der Waals surface area contributed by atoms with E-state index in [2.05, 4.69) is 30.4 Å². The molecule has 6 nitrogen and oxygen atoms in total. The first-order valence-corrected chi connectivity index (χ1v) is 13.8. The number of carbonyl (C=O) groups excluding carboxylic acids is 1. The average Bonchev–Trinajstić information content (AvgIpc) is 2.85. The zero-order valence-corrected chi connectivity index (χ0v) is 23.0. The molecular weight excluding hydrogens is 484 g/mol. The standard InChI is InChI=1S/C30H36N2O4S/c1-30(2,3)24-17-19-29(36-21-11-20-32(4)5)23(22-24)16-18-28(33)26-14-9-10-15-27(26)31-37(34,35)25-12-7-6-8-13-25/h6-10,12-19,22,31H,11,20-21H2,1-5H3. The van der Waals surface area contributed by atoms with Crippen LogP contribution in [-0.4, -0.2) is 46.3 Å². The molecule has 0 aliphatic carbocycles. The topological polar surface area (TPSA) is 75.7 Å². The highest BCUT2D eigenvalue weighted by Gasteiger charge is 2.18. The number of carbonyl (C=O) groups is 1. The summed E-state index contributed by atoms with van der Waals surface area (Å²) in [5.74, 6) is 0.389. The Morgan fingerprint density at radius 1 is 0.973 bits per heavy atom. The summed E-state index contributed by atoms with van der Waals surface area (Å²) >= 11 is 0. The van der Waals surface area contributed by atoms with Gasteiger partial charge in [0.1, 0.15) is 5.75 Å². The molecule has 0 unspecified atom stereocenters. The third-order valence-corrected chi connectivity index (χ3v) is 7.17. The predicted octanol–water partition coefficient (Wildman–Crippen LogP) is 6.01. The number of nitrogens with one attached hydrogen (secondary N) is 1. The quantitative estimate of drug-likeness (QED) is 0.190. The van der Waals surface area contributed by atoms with Crippen molar-refractivity contribution >= 4 is 27.6 Å². The van der Waals surface area contributed by atoms with E-state index in [-0.39, 0.29) is 27.3 Å². The Bertz CT molecular complexity index is 1340. The molecule has 0 bridgehead atoms. The molecule has 0 fully saturated rings. The van der Waals surface area contributed by atoms with E-state index in [1.807, 2.05) is 32.3 Å². The fraction of sp³-hybridized carbons (Fsp3) is 0.300. The maximum absolute atomic E-state index is 13.2. The number of benzene rings is 3. The van der Waals surface area contributed by atoms with E-state index in [0.29, 0.717) is 12.4 Å². The lowest BCUT2D eigenvalue weighted by atomic mass is 9.86. The fourth-order valence-electron chi connectivity index (χ4n) is 3.69. The number of ketones is 1. The van der Waals surface area contributed by atoms with E-state index >= 15 is 0 Å². The van der Waals surface area contributed by atoms with Crippen molar-refractivity contribution in [3.05, 3.63) is 95.6 Å². The molecule has 196 valence electrons. The number of para-hydroxylation sites is 1. The number of hydrogen-bond acceptors (Lipinski definition) is 5. The Labute approximate surface area is 221 Å². The second-order valence-electron chi connectivity index (χ2n) is 10.2. The van der Waals surface area contributed by atoms with Crippen LogP contribution in [0.2, 0.25) is 0 Å². The van der Waals surface area contributed by atoms with E-state index in [4.69, 9.17) is 4.74 Å². The summed E-state index contributed by atoms with van der Waals surface area (Å²) in [6.45, 7) is 7.88. The minimum absolute atomic E-state index is 0.0711. The van der Waals surface area contributed by atoms with Crippen molar-refractivity contribution in [2.45, 2.75) is 37.5 Å². The minimum Gasteiger partial charge on any atom is -0.493 e. The first-order valence-electron chi connectivity index (χ1n) is 12.3. The van der Waals surface area contributed by atoms with Crippen LogP contribution in [0, 0.1) is 0 Å². The lowest BCUT2D eigenvalue weighted by Crippen LogP contribution is -2.16. The van der Waals surface area contributed by atoms with Crippen LogP contribution in [0.4, 0.5) is 5.69 Å². The molecule has 3 rings (SSSR count). The molecule has 1 N–H and O–H groups in total. The van der Waals surface area contributed by atoms with Gasteiger partial charge in [-0.15, -0.1) is 0 Å². The maximum atomic E-state index is 13.2. The highest BCUT2D eigenvalue weighted by atomic mass is 32.2. The van der Waals surface area contributed by atoms with Gasteiger partial charge < -0.3 is 9.64 Å². The predicted molar refractivity (Wildman–Crippen MR) is 151 cm³/mol. The molecule has 0 aromatic heterocycles. The molecule has 0 saturated heterocycles. The second kappa shape index (κ2) is 12.2. The lowest BCUT2D eigenvalue weighted by Gasteiger charge is -2.21. The van der Waals surface area contributed by atoms with Gasteiger partial charge in [-0.25, -0.2) is 8.42 Å². The Morgan fingerprint density at radius 3 is 2.32 bits per heavy atom. The van der Waals surface area contributed by atoms with E-state index in [1.54, 1.807) is 48.5 Å². The maximum Gasteiger partial charge on any atom is 0.261 e. The van der Waals surface area contributed by atoms with Crippen LogP contribution in [0.25, 0.3) is 6.08 Å². The molecule has 0 saturated carbocycles. The first kappa shape index (κ1) is 28.2. The Balaban J connectivity index is 1.87. The summed E-state index contributed by atoms with van der Waals surface area (Å²) in [5.41, 5.74) is 2.34. The third-order valence-electron chi connectivity index (χ3n) is 5.79. The van der Waals surface area contributed by atoms with Gasteiger partial charge in [0, 0.05) is 17.7 Å². The highest BCUT2D eigenvalue weighted by Crippen LogP contribution is 2.29. The number of ether oxygens (including phenoxy) is 1. The molecule has 0 spiro atoms. The van der Waals surface area contributed by atoms with Crippen molar-refractivity contribution < 1.29 is 17.9 Å². The largest absolute Gasteiger partial charge is 0.493 e. The van der Waals surface area contributed by atoms with Gasteiger partial charge >= 0.3 is 0 Å². The molecule has 37 heavy (non-hydrogen) atoms. The molecule has 3 aromatic carbocycles. The van der Waals surface area contributed by atoms with Gasteiger partial charge in [0.05, 0.1) is 17.2 Å². The van der Waals surface area contributed by atoms with E-state index in [1.165, 1.54) is 18.2 Å². The lowest BCUT2D eigenvalue weighted by molar-refractivity contribution is 0.104. The van der Waals surface area contributed by atoms with Gasteiger partial charge in [-0.3, -0.25) is 9.52 Å². The third kappa shape index (κ3) is 8.03. The zero-order chi connectivity index (χ0) is 27.1. The van der Waals surface area contributed by atoms with Crippen molar-refractivity contribution in [3.63, 3.8) is 0 Å². The number of anilines is 1. The van der Waals surface area contributed by atoms with Crippen molar-refractivity contribution in [1.29, 1.82) is 0 Å². The molecule has 7 heteroatoms. The monoisotopic (exact) mass is 520 g/mol. The molecule has 0 atom stereocenters. The molecule has 0 aliphatic rings. The van der Waals surface area contributed by atoms with Crippen molar-refractivity contribution in [2.24, 2.45) is 0 Å². The summed E-state index contributed by atoms with van der Waals surface area (Å²) in [5, 5.41) is 0. The Morgan fingerprint density at radius 2 is 1.65 bits per heavy atom. The number of hydrogen-bond donors (Lipinski definition) is 1. The van der Waals surface area contributed by atoms with Crippen LogP contribution in [0.15, 0.2) is 83.8 Å². The number of nitrogens with zero attached hydrogens (tertiary/aromatic N) is 1. The van der Waals surface area contributed by atoms with Gasteiger partial charge in [-0.1, -0.05) is 57.2 Å². The SMILES string of the molecule is CN(C)CCCOc1ccc(C(C)(C)C)cc1C=CC(=O)c1ccccc1NS(=O)(=O)c1ccccc1. The van der Waals surface area contributed by atoms with Crippen LogP contribution >= 0.6 is 0 Å². The van der Waals surface area contributed by atoms with Crippen molar-refractivity contribution in [3.8, 4) is 5.75 Å². The first-order chi connectivity index (χ1) is 17.5. The summed E-state index contributed by atoms with van der Waals surface area (Å²) in [7, 11) is 0.213. The molecule has 3 aromatic rings. The molecular formula is C30H36N2O4S. The van der Waals surface area contributed by atoms with E-state index in [9.17, 15) is 13.2 Å². The summed E-state index contributed by atoms with van der Waals surface area (Å²) in [6.07, 6.45) is 4.08.